The first-order valence-electron chi connectivity index (χ1n) is 10.6. The van der Waals surface area contributed by atoms with Crippen LogP contribution >= 0.6 is 0 Å². The van der Waals surface area contributed by atoms with Crippen molar-refractivity contribution in [1.82, 2.24) is 24.3 Å². The van der Waals surface area contributed by atoms with Crippen molar-refractivity contribution in [3.8, 4) is 0 Å². The molecule has 0 amide bonds. The van der Waals surface area contributed by atoms with Crippen LogP contribution in [0.15, 0.2) is 36.8 Å². The van der Waals surface area contributed by atoms with Crippen LogP contribution in [0.25, 0.3) is 11.2 Å². The van der Waals surface area contributed by atoms with E-state index in [0.717, 1.165) is 48.3 Å². The number of halogens is 2. The van der Waals surface area contributed by atoms with E-state index in [4.69, 9.17) is 0 Å². The zero-order valence-corrected chi connectivity index (χ0v) is 18.1. The molecule has 1 fully saturated rings. The quantitative estimate of drug-likeness (QED) is 0.634. The molecule has 4 rings (SSSR count). The summed E-state index contributed by atoms with van der Waals surface area (Å²) in [5.74, 6) is 0.641. The third kappa shape index (κ3) is 4.44. The van der Waals surface area contributed by atoms with Crippen molar-refractivity contribution in [2.24, 2.45) is 0 Å². The van der Waals surface area contributed by atoms with Crippen molar-refractivity contribution < 1.29 is 8.78 Å². The van der Waals surface area contributed by atoms with Gasteiger partial charge in [-0.1, -0.05) is 6.08 Å². The maximum atomic E-state index is 14.0. The molecule has 0 aliphatic carbocycles. The van der Waals surface area contributed by atoms with Gasteiger partial charge < -0.3 is 14.6 Å². The molecule has 1 unspecified atom stereocenters. The highest BCUT2D eigenvalue weighted by Gasteiger charge is 2.19. The number of nitrogens with zero attached hydrogens (tertiary/aromatic N) is 5. The number of alkyl halides is 2. The van der Waals surface area contributed by atoms with Gasteiger partial charge in [0.15, 0.2) is 6.17 Å². The first-order chi connectivity index (χ1) is 15.0. The average Bonchev–Trinajstić information content (AvgIpc) is 3.20. The van der Waals surface area contributed by atoms with Crippen molar-refractivity contribution in [3.63, 3.8) is 0 Å². The van der Waals surface area contributed by atoms with Gasteiger partial charge in [-0.3, -0.25) is 0 Å². The van der Waals surface area contributed by atoms with E-state index in [0.29, 0.717) is 17.6 Å². The summed E-state index contributed by atoms with van der Waals surface area (Å²) in [6.07, 6.45) is 7.43. The van der Waals surface area contributed by atoms with Crippen LogP contribution in [0.4, 0.5) is 14.7 Å². The predicted octanol–water partition coefficient (Wildman–Crippen LogP) is 4.37. The van der Waals surface area contributed by atoms with E-state index in [9.17, 15) is 8.78 Å². The molecular weight excluding hydrogens is 398 g/mol. The lowest BCUT2D eigenvalue weighted by Crippen LogP contribution is -2.37. The van der Waals surface area contributed by atoms with E-state index in [1.807, 2.05) is 32.2 Å². The molecule has 0 bridgehead atoms. The van der Waals surface area contributed by atoms with Crippen LogP contribution in [0, 0.1) is 6.92 Å². The van der Waals surface area contributed by atoms with E-state index in [-0.39, 0.29) is 5.69 Å². The van der Waals surface area contributed by atoms with Crippen LogP contribution < -0.4 is 5.32 Å². The minimum atomic E-state index is -1.70. The summed E-state index contributed by atoms with van der Waals surface area (Å²) < 4.78 is 28.5. The molecule has 31 heavy (non-hydrogen) atoms. The van der Waals surface area contributed by atoms with Gasteiger partial charge >= 0.3 is 0 Å². The average molecular weight is 427 g/mol. The number of hydrogen-bond acceptors (Lipinski definition) is 5. The molecule has 164 valence electrons. The fourth-order valence-corrected chi connectivity index (χ4v) is 4.08. The molecule has 6 nitrogen and oxygen atoms in total. The largest absolute Gasteiger partial charge is 0.351 e. The van der Waals surface area contributed by atoms with Crippen molar-refractivity contribution in [2.45, 2.75) is 38.9 Å². The van der Waals surface area contributed by atoms with Gasteiger partial charge in [-0.2, -0.15) is 0 Å². The van der Waals surface area contributed by atoms with Gasteiger partial charge in [0, 0.05) is 24.0 Å². The highest BCUT2D eigenvalue weighted by atomic mass is 19.2. The second kappa shape index (κ2) is 9.09. The molecular formula is C23H28F2N6. The van der Waals surface area contributed by atoms with E-state index in [1.54, 1.807) is 16.7 Å². The molecule has 0 saturated carbocycles. The number of nitrogens with one attached hydrogen (secondary N) is 1. The second-order valence-electron chi connectivity index (χ2n) is 8.07. The number of aromatic nitrogens is 4. The maximum absolute atomic E-state index is 14.0. The summed E-state index contributed by atoms with van der Waals surface area (Å²) in [5, 5.41) is 3.46. The van der Waals surface area contributed by atoms with Crippen LogP contribution in [0.3, 0.4) is 0 Å². The molecule has 0 aromatic carbocycles. The van der Waals surface area contributed by atoms with Crippen molar-refractivity contribution in [3.05, 3.63) is 59.3 Å². The van der Waals surface area contributed by atoms with Gasteiger partial charge in [-0.15, -0.1) is 0 Å². The Bertz CT molecular complexity index is 1080. The van der Waals surface area contributed by atoms with E-state index >= 15 is 0 Å². The smallest absolute Gasteiger partial charge is 0.223 e. The number of anilines is 1. The number of piperidine rings is 1. The SMILES string of the molecule is C/C=C(/c1ccc2ncc(C(F)CF)n2c1)c1cnc(NC2CCN(C)CC2)nc1C. The molecule has 0 spiro atoms. The lowest BCUT2D eigenvalue weighted by molar-refractivity contribution is 0.259. The summed E-state index contributed by atoms with van der Waals surface area (Å²) in [6.45, 7) is 4.96. The fraction of sp³-hybridized carbons (Fsp3) is 0.435. The second-order valence-corrected chi connectivity index (χ2v) is 8.07. The van der Waals surface area contributed by atoms with Crippen LogP contribution in [-0.2, 0) is 0 Å². The normalized spacial score (nSPS) is 17.3. The number of imidazole rings is 1. The van der Waals surface area contributed by atoms with Crippen LogP contribution in [0.1, 0.15) is 48.5 Å². The fourth-order valence-electron chi connectivity index (χ4n) is 4.08. The number of aryl methyl sites for hydroxylation is 1. The number of rotatable bonds is 6. The Kier molecular flexibility index (Phi) is 6.27. The zero-order valence-electron chi connectivity index (χ0n) is 18.1. The lowest BCUT2D eigenvalue weighted by atomic mass is 9.99. The standard InChI is InChI=1S/C23H28F2N6/c1-4-18(16-5-6-22-26-13-21(20(25)11-24)31(22)14-16)19-12-27-23(28-15(19)2)29-17-7-9-30(3)10-8-17/h4-6,12-14,17,20H,7-11H2,1-3H3,(H,27,28,29)/b18-4-. The zero-order chi connectivity index (χ0) is 22.0. The Morgan fingerprint density at radius 1 is 1.26 bits per heavy atom. The molecule has 0 radical (unpaired) electrons. The molecule has 3 aromatic rings. The first kappa shape index (κ1) is 21.4. The number of hydrogen-bond donors (Lipinski definition) is 1. The molecule has 1 aliphatic rings. The van der Waals surface area contributed by atoms with Gasteiger partial charge in [0.2, 0.25) is 5.95 Å². The van der Waals surface area contributed by atoms with E-state index in [2.05, 4.69) is 32.2 Å². The van der Waals surface area contributed by atoms with Crippen molar-refractivity contribution >= 4 is 17.2 Å². The van der Waals surface area contributed by atoms with Gasteiger partial charge in [-0.25, -0.2) is 23.7 Å². The summed E-state index contributed by atoms with van der Waals surface area (Å²) in [6, 6.07) is 4.11. The third-order valence-electron chi connectivity index (χ3n) is 5.91. The van der Waals surface area contributed by atoms with Crippen molar-refractivity contribution in [1.29, 1.82) is 0 Å². The summed E-state index contributed by atoms with van der Waals surface area (Å²) >= 11 is 0. The Hall–Kier alpha value is -2.87. The summed E-state index contributed by atoms with van der Waals surface area (Å²) in [5.41, 5.74) is 4.34. The van der Waals surface area contributed by atoms with Gasteiger partial charge in [0.25, 0.3) is 0 Å². The Morgan fingerprint density at radius 2 is 2.03 bits per heavy atom. The molecule has 1 atom stereocenters. The Labute approximate surface area is 181 Å². The number of likely N-dealkylation sites (tertiary alicyclic amines) is 1. The van der Waals surface area contributed by atoms with Gasteiger partial charge in [-0.05, 0) is 70.1 Å². The Morgan fingerprint density at radius 3 is 2.71 bits per heavy atom. The van der Waals surface area contributed by atoms with Gasteiger partial charge in [0.05, 0.1) is 17.6 Å². The minimum Gasteiger partial charge on any atom is -0.351 e. The van der Waals surface area contributed by atoms with Gasteiger partial charge in [0.1, 0.15) is 12.3 Å². The monoisotopic (exact) mass is 426 g/mol. The first-order valence-corrected chi connectivity index (χ1v) is 10.6. The maximum Gasteiger partial charge on any atom is 0.223 e. The van der Waals surface area contributed by atoms with E-state index in [1.165, 1.54) is 6.20 Å². The molecule has 1 aliphatic heterocycles. The minimum absolute atomic E-state index is 0.209. The summed E-state index contributed by atoms with van der Waals surface area (Å²) in [7, 11) is 2.14. The van der Waals surface area contributed by atoms with Crippen LogP contribution in [0.5, 0.6) is 0 Å². The summed E-state index contributed by atoms with van der Waals surface area (Å²) in [4.78, 5) is 15.7. The predicted molar refractivity (Wildman–Crippen MR) is 119 cm³/mol. The topological polar surface area (TPSA) is 58.4 Å². The number of allylic oxidation sites excluding steroid dienone is 1. The number of fused-ring (bicyclic) bond motifs is 1. The Balaban J connectivity index is 1.60. The number of pyridine rings is 1. The molecule has 1 saturated heterocycles. The molecule has 4 heterocycles. The van der Waals surface area contributed by atoms with Crippen LogP contribution in [0.2, 0.25) is 0 Å². The molecule has 1 N–H and O–H groups in total. The highest BCUT2D eigenvalue weighted by Crippen LogP contribution is 2.28. The highest BCUT2D eigenvalue weighted by molar-refractivity contribution is 5.80. The van der Waals surface area contributed by atoms with Crippen LogP contribution in [-0.4, -0.2) is 57.1 Å². The third-order valence-corrected chi connectivity index (χ3v) is 5.91. The van der Waals surface area contributed by atoms with Crippen molar-refractivity contribution in [2.75, 3.05) is 32.1 Å². The molecule has 3 aromatic heterocycles. The lowest BCUT2D eigenvalue weighted by Gasteiger charge is -2.29. The van der Waals surface area contributed by atoms with E-state index < -0.39 is 12.8 Å². The molecule has 8 heteroatoms.